The first kappa shape index (κ1) is 44.6. The van der Waals surface area contributed by atoms with Crippen molar-refractivity contribution in [3.05, 3.63) is 178 Å². The summed E-state index contributed by atoms with van der Waals surface area (Å²) in [7, 11) is 3.95. The minimum Gasteiger partial charge on any atom is -0.508 e. The number of phenolic OH excluding ortho intramolecular Hbond substituents is 1. The van der Waals surface area contributed by atoms with Gasteiger partial charge in [0.25, 0.3) is 11.8 Å². The highest BCUT2D eigenvalue weighted by molar-refractivity contribution is 6.02. The lowest BCUT2D eigenvalue weighted by molar-refractivity contribution is -0.111. The van der Waals surface area contributed by atoms with E-state index in [4.69, 9.17) is 19.9 Å². The number of ether oxygens (including phenoxy) is 3. The molecule has 1 spiro atoms. The Bertz CT molecular complexity index is 3310. The van der Waals surface area contributed by atoms with E-state index in [1.807, 2.05) is 72.1 Å². The normalized spacial score (nSPS) is 16.5. The molecule has 5 N–H and O–H groups in total. The van der Waals surface area contributed by atoms with Crippen molar-refractivity contribution in [1.29, 1.82) is 0 Å². The number of aryl methyl sites for hydroxylation is 1. The number of aromatic nitrogens is 4. The maximum atomic E-state index is 13.6. The summed E-state index contributed by atoms with van der Waals surface area (Å²) in [6, 6.07) is 31.4. The lowest BCUT2D eigenvalue weighted by atomic mass is 9.71. The molecule has 350 valence electrons. The van der Waals surface area contributed by atoms with Crippen LogP contribution in [-0.2, 0) is 34.8 Å². The van der Waals surface area contributed by atoms with Gasteiger partial charge in [0.1, 0.15) is 23.9 Å². The molecule has 18 nitrogen and oxygen atoms in total. The average Bonchev–Trinajstić information content (AvgIpc) is 3.90. The number of nitrogens with zero attached hydrogens (tertiary/aromatic N) is 7. The van der Waals surface area contributed by atoms with Crippen molar-refractivity contribution in [2.75, 3.05) is 31.3 Å². The van der Waals surface area contributed by atoms with Crippen LogP contribution in [0.5, 0.6) is 17.4 Å². The van der Waals surface area contributed by atoms with E-state index in [2.05, 4.69) is 35.8 Å². The van der Waals surface area contributed by atoms with E-state index in [-0.39, 0.29) is 65.4 Å². The first-order valence-electron chi connectivity index (χ1n) is 22.3. The number of hydrogen-bond donors (Lipinski definition) is 4. The monoisotopic (exact) mass is 936 g/mol. The fourth-order valence-corrected chi connectivity index (χ4v) is 8.60. The van der Waals surface area contributed by atoms with E-state index in [0.717, 1.165) is 22.5 Å². The molecule has 2 aromatic heterocycles. The molecule has 0 radical (unpaired) electrons. The fraction of sp³-hybridized carbons (Fsp3) is 0.173. The third-order valence-electron chi connectivity index (χ3n) is 12.2. The van der Waals surface area contributed by atoms with Gasteiger partial charge in [-0.2, -0.15) is 20.2 Å². The third-order valence-corrected chi connectivity index (χ3v) is 12.2. The summed E-state index contributed by atoms with van der Waals surface area (Å²) in [5, 5.41) is 24.7. The number of ketones is 1. The number of amides is 2. The highest BCUT2D eigenvalue weighted by atomic mass is 16.6. The number of nitrogen functional groups attached to an aromatic ring is 1. The Balaban J connectivity index is 0.727. The lowest BCUT2D eigenvalue weighted by Crippen LogP contribution is -2.42. The number of phenols is 1. The van der Waals surface area contributed by atoms with E-state index in [0.29, 0.717) is 58.6 Å². The van der Waals surface area contributed by atoms with Gasteiger partial charge >= 0.3 is 5.97 Å². The van der Waals surface area contributed by atoms with Crippen LogP contribution >= 0.6 is 0 Å². The summed E-state index contributed by atoms with van der Waals surface area (Å²) >= 11 is 0. The minimum atomic E-state index is -1.44. The number of esters is 1. The SMILES string of the molecule is CN(C)c1ccc(N=Nc2ccc(C(=O)NCCCn3cnc4c(OCc5ccc(CNC(=O)c6ccc7c(c6)C6(OC7=O)c7ccc(O)cc7OC7=CC(=O)C=CC76)cc5)nc(N)nc43)cc2)cc1. The zero-order chi connectivity index (χ0) is 48.5. The van der Waals surface area contributed by atoms with Crippen molar-refractivity contribution in [2.24, 2.45) is 16.1 Å². The highest BCUT2D eigenvalue weighted by Crippen LogP contribution is 2.57. The van der Waals surface area contributed by atoms with Crippen LogP contribution in [0.3, 0.4) is 0 Å². The molecule has 2 amide bonds. The molecule has 10 rings (SSSR count). The Kier molecular flexibility index (Phi) is 11.8. The van der Waals surface area contributed by atoms with Crippen LogP contribution in [0, 0.1) is 5.92 Å². The van der Waals surface area contributed by atoms with Crippen LogP contribution in [0.4, 0.5) is 23.0 Å². The van der Waals surface area contributed by atoms with Gasteiger partial charge in [0.05, 0.1) is 29.2 Å². The number of benzene rings is 5. The third kappa shape index (κ3) is 8.76. The van der Waals surface area contributed by atoms with Crippen molar-refractivity contribution in [3.8, 4) is 17.4 Å². The van der Waals surface area contributed by atoms with Gasteiger partial charge in [0.2, 0.25) is 11.8 Å². The second-order valence-electron chi connectivity index (χ2n) is 17.0. The molecule has 0 saturated heterocycles. The molecule has 1 aliphatic carbocycles. The minimum absolute atomic E-state index is 0.0216. The zero-order valence-corrected chi connectivity index (χ0v) is 37.8. The van der Waals surface area contributed by atoms with Gasteiger partial charge < -0.3 is 45.2 Å². The maximum absolute atomic E-state index is 13.6. The number of nitrogens with one attached hydrogen (secondary N) is 2. The van der Waals surface area contributed by atoms with Gasteiger partial charge in [0.15, 0.2) is 22.5 Å². The predicted octanol–water partition coefficient (Wildman–Crippen LogP) is 7.37. The van der Waals surface area contributed by atoms with E-state index in [1.54, 1.807) is 60.9 Å². The largest absolute Gasteiger partial charge is 0.508 e. The van der Waals surface area contributed by atoms with Crippen LogP contribution in [0.25, 0.3) is 11.2 Å². The van der Waals surface area contributed by atoms with E-state index < -0.39 is 17.5 Å². The molecule has 4 heterocycles. The van der Waals surface area contributed by atoms with Crippen molar-refractivity contribution in [3.63, 3.8) is 0 Å². The summed E-state index contributed by atoms with van der Waals surface area (Å²) in [5.74, 6) is -1.49. The summed E-state index contributed by atoms with van der Waals surface area (Å²) < 4.78 is 20.1. The first-order valence-corrected chi connectivity index (χ1v) is 22.3. The van der Waals surface area contributed by atoms with Crippen LogP contribution in [0.15, 0.2) is 150 Å². The number of nitrogens with two attached hydrogens (primary N) is 1. The van der Waals surface area contributed by atoms with Gasteiger partial charge in [-0.15, -0.1) is 0 Å². The number of rotatable bonds is 14. The van der Waals surface area contributed by atoms with Crippen molar-refractivity contribution in [2.45, 2.75) is 31.7 Å². The molecular formula is C52H44N10O8. The Morgan fingerprint density at radius 1 is 0.857 bits per heavy atom. The number of carbonyl (C=O) groups is 4. The second kappa shape index (κ2) is 18.5. The predicted molar refractivity (Wildman–Crippen MR) is 257 cm³/mol. The number of fused-ring (bicyclic) bond motifs is 7. The molecular weight excluding hydrogens is 893 g/mol. The van der Waals surface area contributed by atoms with Crippen molar-refractivity contribution < 1.29 is 38.5 Å². The number of hydrogen-bond acceptors (Lipinski definition) is 15. The standard InChI is InChI=1S/C52H44N10O8/c1-61(2)36-15-13-35(14-16-36)60-59-34-11-8-32(9-12-34)47(65)54-22-3-23-62-29-56-45-46(62)57-51(53)58-49(45)68-28-31-6-4-30(5-7-31)27-55-48(66)33-10-19-39-42(24-33)52(70-50(39)67)40-20-17-37(63)25-43(40)69-44-26-38(64)18-21-41(44)52/h4-21,24-26,29,40,64H,3,22-23,27-28H2,1-2H3,(H,54,65)(H,55,66)(H2,53,57,58). The zero-order valence-electron chi connectivity index (χ0n) is 37.8. The van der Waals surface area contributed by atoms with Crippen LogP contribution in [0.1, 0.15) is 59.7 Å². The maximum Gasteiger partial charge on any atom is 0.339 e. The summed E-state index contributed by atoms with van der Waals surface area (Å²) in [4.78, 5) is 67.4. The van der Waals surface area contributed by atoms with Gasteiger partial charge in [0, 0.05) is 73.8 Å². The Labute approximate surface area is 400 Å². The van der Waals surface area contributed by atoms with Crippen LogP contribution in [0.2, 0.25) is 0 Å². The number of imidazole rings is 1. The smallest absolute Gasteiger partial charge is 0.339 e. The molecule has 2 aliphatic heterocycles. The highest BCUT2D eigenvalue weighted by Gasteiger charge is 2.58. The fourth-order valence-electron chi connectivity index (χ4n) is 8.60. The molecule has 2 atom stereocenters. The molecule has 18 heteroatoms. The van der Waals surface area contributed by atoms with Gasteiger partial charge in [-0.05, 0) is 102 Å². The molecule has 2 unspecified atom stereocenters. The van der Waals surface area contributed by atoms with Crippen LogP contribution in [-0.4, -0.2) is 68.8 Å². The summed E-state index contributed by atoms with van der Waals surface area (Å²) in [6.07, 6.45) is 6.58. The molecule has 0 bridgehead atoms. The van der Waals surface area contributed by atoms with Crippen molar-refractivity contribution >= 4 is 57.7 Å². The lowest BCUT2D eigenvalue weighted by Gasteiger charge is -2.42. The average molecular weight is 937 g/mol. The van der Waals surface area contributed by atoms with E-state index in [1.165, 1.54) is 24.3 Å². The number of anilines is 2. The number of allylic oxidation sites excluding steroid dienone is 2. The molecule has 3 aliphatic rings. The molecule has 7 aromatic rings. The van der Waals surface area contributed by atoms with Gasteiger partial charge in [-0.25, -0.2) is 9.78 Å². The molecule has 0 saturated carbocycles. The Morgan fingerprint density at radius 3 is 2.33 bits per heavy atom. The van der Waals surface area contributed by atoms with Crippen LogP contribution < -0.4 is 30.7 Å². The number of aromatic hydroxyl groups is 1. The summed E-state index contributed by atoms with van der Waals surface area (Å²) in [6.45, 7) is 1.25. The van der Waals surface area contributed by atoms with Gasteiger partial charge in [-0.3, -0.25) is 14.4 Å². The number of azo groups is 1. The molecule has 5 aromatic carbocycles. The van der Waals surface area contributed by atoms with Gasteiger partial charge in [-0.1, -0.05) is 30.3 Å². The molecule has 0 fully saturated rings. The second-order valence-corrected chi connectivity index (χ2v) is 17.0. The van der Waals surface area contributed by atoms with Crippen molar-refractivity contribution in [1.82, 2.24) is 30.2 Å². The topological polar surface area (TPSA) is 238 Å². The van der Waals surface area contributed by atoms with E-state index >= 15 is 0 Å². The Hall–Kier alpha value is -9.19. The number of carbonyl (C=O) groups excluding carboxylic acids is 4. The Morgan fingerprint density at radius 2 is 1.57 bits per heavy atom. The summed E-state index contributed by atoms with van der Waals surface area (Å²) in [5.41, 5.74) is 11.7. The van der Waals surface area contributed by atoms with E-state index in [9.17, 15) is 24.3 Å². The molecule has 70 heavy (non-hydrogen) atoms. The first-order chi connectivity index (χ1) is 33.9. The quantitative estimate of drug-likeness (QED) is 0.0474.